The first-order valence-electron chi connectivity index (χ1n) is 10.8. The number of ether oxygens (including phenoxy) is 1. The van der Waals surface area contributed by atoms with Crippen LogP contribution in [-0.4, -0.2) is 40.7 Å². The molecule has 0 saturated carbocycles. The fourth-order valence-corrected chi connectivity index (χ4v) is 4.68. The Morgan fingerprint density at radius 1 is 1.09 bits per heavy atom. The Labute approximate surface area is 185 Å². The van der Waals surface area contributed by atoms with E-state index in [0.29, 0.717) is 18.7 Å². The molecule has 1 saturated heterocycles. The van der Waals surface area contributed by atoms with Crippen molar-refractivity contribution in [3.05, 3.63) is 71.4 Å². The zero-order valence-electron chi connectivity index (χ0n) is 18.4. The number of hydrogen-bond acceptors (Lipinski definition) is 2. The van der Waals surface area contributed by atoms with Crippen LogP contribution in [-0.2, 0) is 22.8 Å². The number of halogens is 3. The average molecular weight is 444 g/mol. The van der Waals surface area contributed by atoms with Gasteiger partial charge in [-0.25, -0.2) is 0 Å². The molecule has 0 aliphatic carbocycles. The van der Waals surface area contributed by atoms with Gasteiger partial charge in [-0.1, -0.05) is 36.4 Å². The van der Waals surface area contributed by atoms with Crippen LogP contribution in [0, 0.1) is 0 Å². The molecular weight excluding hydrogens is 417 g/mol. The van der Waals surface area contributed by atoms with Gasteiger partial charge in [0.1, 0.15) is 0 Å². The summed E-state index contributed by atoms with van der Waals surface area (Å²) in [5.74, 6) is -0.577. The fraction of sp³-hybridized carbons (Fsp3) is 0.400. The molecule has 32 heavy (non-hydrogen) atoms. The summed E-state index contributed by atoms with van der Waals surface area (Å²) in [6, 6.07) is 13.1. The Balaban J connectivity index is 1.76. The molecule has 1 fully saturated rings. The summed E-state index contributed by atoms with van der Waals surface area (Å²) >= 11 is 0. The lowest BCUT2D eigenvalue weighted by Gasteiger charge is -2.36. The lowest BCUT2D eigenvalue weighted by Crippen LogP contribution is -2.48. The van der Waals surface area contributed by atoms with Crippen molar-refractivity contribution in [2.24, 2.45) is 7.05 Å². The Hall–Kier alpha value is -2.80. The predicted octanol–water partition coefficient (Wildman–Crippen LogP) is 5.35. The van der Waals surface area contributed by atoms with E-state index < -0.39 is 17.7 Å². The molecule has 3 aromatic rings. The molecule has 2 aromatic carbocycles. The second-order valence-corrected chi connectivity index (χ2v) is 8.65. The molecule has 1 aromatic heterocycles. The molecule has 0 radical (unpaired) electrons. The van der Waals surface area contributed by atoms with Gasteiger partial charge in [-0.2, -0.15) is 13.2 Å². The van der Waals surface area contributed by atoms with Gasteiger partial charge in [-0.05, 0) is 37.1 Å². The highest BCUT2D eigenvalue weighted by Crippen LogP contribution is 2.38. The first-order chi connectivity index (χ1) is 15.1. The molecule has 0 spiro atoms. The van der Waals surface area contributed by atoms with Crippen molar-refractivity contribution in [2.45, 2.75) is 44.6 Å². The third kappa shape index (κ3) is 4.53. The van der Waals surface area contributed by atoms with E-state index in [4.69, 9.17) is 4.74 Å². The Kier molecular flexibility index (Phi) is 6.03. The SMILES string of the molecule is CC1CN(C(=O)CC(c2cccc(C(F)(F)F)c2)c2cn(C)c3ccccc23)CC(C)O1. The van der Waals surface area contributed by atoms with E-state index >= 15 is 0 Å². The van der Waals surface area contributed by atoms with Gasteiger partial charge < -0.3 is 14.2 Å². The van der Waals surface area contributed by atoms with Crippen molar-refractivity contribution in [1.82, 2.24) is 9.47 Å². The second-order valence-electron chi connectivity index (χ2n) is 8.65. The van der Waals surface area contributed by atoms with Crippen LogP contribution in [0.4, 0.5) is 13.2 Å². The summed E-state index contributed by atoms with van der Waals surface area (Å²) in [6.45, 7) is 4.80. The fourth-order valence-electron chi connectivity index (χ4n) is 4.68. The van der Waals surface area contributed by atoms with Crippen molar-refractivity contribution < 1.29 is 22.7 Å². The zero-order valence-corrected chi connectivity index (χ0v) is 18.4. The van der Waals surface area contributed by atoms with Gasteiger partial charge >= 0.3 is 6.18 Å². The molecule has 0 bridgehead atoms. The first-order valence-corrected chi connectivity index (χ1v) is 10.8. The van der Waals surface area contributed by atoms with E-state index in [9.17, 15) is 18.0 Å². The summed E-state index contributed by atoms with van der Waals surface area (Å²) in [4.78, 5) is 15.1. The number of morpholine rings is 1. The van der Waals surface area contributed by atoms with Crippen molar-refractivity contribution >= 4 is 16.8 Å². The number of nitrogens with zero attached hydrogens (tertiary/aromatic N) is 2. The highest BCUT2D eigenvalue weighted by atomic mass is 19.4. The molecule has 0 N–H and O–H groups in total. The topological polar surface area (TPSA) is 34.5 Å². The summed E-state index contributed by atoms with van der Waals surface area (Å²) in [6.07, 6.45) is -2.58. The van der Waals surface area contributed by atoms with Crippen LogP contribution >= 0.6 is 0 Å². The van der Waals surface area contributed by atoms with Gasteiger partial charge in [-0.3, -0.25) is 4.79 Å². The van der Waals surface area contributed by atoms with Crippen molar-refractivity contribution in [2.75, 3.05) is 13.1 Å². The molecule has 2 heterocycles. The Morgan fingerprint density at radius 3 is 2.47 bits per heavy atom. The number of hydrogen-bond donors (Lipinski definition) is 0. The number of aryl methyl sites for hydroxylation is 1. The molecule has 3 atom stereocenters. The molecule has 1 amide bonds. The molecule has 4 nitrogen and oxygen atoms in total. The van der Waals surface area contributed by atoms with Crippen LogP contribution in [0.25, 0.3) is 10.9 Å². The molecule has 1 aliphatic heterocycles. The molecule has 4 rings (SSSR count). The van der Waals surface area contributed by atoms with E-state index in [-0.39, 0.29) is 24.5 Å². The molecular formula is C25H27F3N2O2. The summed E-state index contributed by atoms with van der Waals surface area (Å²) < 4.78 is 48.0. The number of alkyl halides is 3. The van der Waals surface area contributed by atoms with E-state index in [1.165, 1.54) is 12.1 Å². The zero-order chi connectivity index (χ0) is 23.0. The van der Waals surface area contributed by atoms with Gasteiger partial charge in [0.15, 0.2) is 0 Å². The number of fused-ring (bicyclic) bond motifs is 1. The maximum absolute atomic E-state index is 13.4. The smallest absolute Gasteiger partial charge is 0.372 e. The van der Waals surface area contributed by atoms with Gasteiger partial charge in [0.05, 0.1) is 17.8 Å². The van der Waals surface area contributed by atoms with E-state index in [2.05, 4.69) is 0 Å². The van der Waals surface area contributed by atoms with Crippen LogP contribution in [0.3, 0.4) is 0 Å². The normalized spacial score (nSPS) is 20.5. The number of benzene rings is 2. The molecule has 1 aliphatic rings. The lowest BCUT2D eigenvalue weighted by molar-refractivity contribution is -0.143. The minimum absolute atomic E-state index is 0.0766. The number of amides is 1. The van der Waals surface area contributed by atoms with E-state index in [1.807, 2.05) is 55.9 Å². The van der Waals surface area contributed by atoms with Crippen LogP contribution in [0.15, 0.2) is 54.7 Å². The molecule has 170 valence electrons. The molecule has 7 heteroatoms. The third-order valence-electron chi connectivity index (χ3n) is 6.07. The van der Waals surface area contributed by atoms with Crippen molar-refractivity contribution in [3.63, 3.8) is 0 Å². The van der Waals surface area contributed by atoms with Crippen LogP contribution in [0.1, 0.15) is 42.9 Å². The standard InChI is InChI=1S/C25H27F3N2O2/c1-16-13-30(14-17(2)32-16)24(31)12-21(18-7-6-8-19(11-18)25(26,27)28)22-15-29(3)23-10-5-4-9-20(22)23/h4-11,15-17,21H,12-14H2,1-3H3. The lowest BCUT2D eigenvalue weighted by atomic mass is 9.87. The third-order valence-corrected chi connectivity index (χ3v) is 6.07. The quantitative estimate of drug-likeness (QED) is 0.543. The Morgan fingerprint density at radius 2 is 1.78 bits per heavy atom. The summed E-state index contributed by atoms with van der Waals surface area (Å²) in [5.41, 5.74) is 1.60. The Bertz CT molecular complexity index is 1110. The van der Waals surface area contributed by atoms with Crippen molar-refractivity contribution in [1.29, 1.82) is 0 Å². The predicted molar refractivity (Wildman–Crippen MR) is 117 cm³/mol. The van der Waals surface area contributed by atoms with Gasteiger partial charge in [0.2, 0.25) is 5.91 Å². The summed E-state index contributed by atoms with van der Waals surface area (Å²) in [5, 5.41) is 0.939. The summed E-state index contributed by atoms with van der Waals surface area (Å²) in [7, 11) is 1.90. The van der Waals surface area contributed by atoms with E-state index in [1.54, 1.807) is 11.0 Å². The highest BCUT2D eigenvalue weighted by molar-refractivity contribution is 5.86. The van der Waals surface area contributed by atoms with Crippen molar-refractivity contribution in [3.8, 4) is 0 Å². The van der Waals surface area contributed by atoms with Crippen LogP contribution in [0.5, 0.6) is 0 Å². The second kappa shape index (κ2) is 8.62. The average Bonchev–Trinajstić information content (AvgIpc) is 3.07. The monoisotopic (exact) mass is 444 g/mol. The first kappa shape index (κ1) is 22.4. The minimum atomic E-state index is -4.45. The molecule has 3 unspecified atom stereocenters. The number of aromatic nitrogens is 1. The number of para-hydroxylation sites is 1. The maximum atomic E-state index is 13.4. The largest absolute Gasteiger partial charge is 0.416 e. The van der Waals surface area contributed by atoms with Gasteiger partial charge in [-0.15, -0.1) is 0 Å². The van der Waals surface area contributed by atoms with Gasteiger partial charge in [0.25, 0.3) is 0 Å². The number of carbonyl (C=O) groups is 1. The van der Waals surface area contributed by atoms with Crippen LogP contribution < -0.4 is 0 Å². The van der Waals surface area contributed by atoms with Gasteiger partial charge in [0, 0.05) is 49.6 Å². The highest BCUT2D eigenvalue weighted by Gasteiger charge is 2.33. The van der Waals surface area contributed by atoms with Crippen LogP contribution in [0.2, 0.25) is 0 Å². The number of rotatable bonds is 4. The minimum Gasteiger partial charge on any atom is -0.372 e. The van der Waals surface area contributed by atoms with E-state index in [0.717, 1.165) is 22.5 Å². The number of carbonyl (C=O) groups excluding carboxylic acids is 1. The maximum Gasteiger partial charge on any atom is 0.416 e.